The van der Waals surface area contributed by atoms with E-state index in [9.17, 15) is 4.21 Å². The zero-order valence-corrected chi connectivity index (χ0v) is 17.2. The molecule has 126 valence electrons. The van der Waals surface area contributed by atoms with Crippen LogP contribution in [-0.4, -0.2) is 47.6 Å². The van der Waals surface area contributed by atoms with Crippen LogP contribution in [0.1, 0.15) is 12.5 Å². The number of aliphatic imine (C=N–C) groups is 1. The Balaban J connectivity index is 0.00000441. The zero-order valence-electron chi connectivity index (χ0n) is 13.2. The van der Waals surface area contributed by atoms with Crippen LogP contribution in [0.3, 0.4) is 0 Å². The second-order valence-corrected chi connectivity index (χ2v) is 7.02. The Kier molecular flexibility index (Phi) is 14.1. The molecule has 1 aromatic rings. The Morgan fingerprint density at radius 3 is 2.64 bits per heavy atom. The predicted octanol–water partition coefficient (Wildman–Crippen LogP) is 2.47. The highest BCUT2D eigenvalue weighted by atomic mass is 127. The van der Waals surface area contributed by atoms with Gasteiger partial charge in [0.2, 0.25) is 0 Å². The maximum Gasteiger partial charge on any atom is 0.191 e. The van der Waals surface area contributed by atoms with Gasteiger partial charge in [-0.05, 0) is 18.7 Å². The Morgan fingerprint density at radius 2 is 2.00 bits per heavy atom. The standard InChI is InChI=1S/C15H25N3OS2.HI/c1-3-16-15(17-9-11-20-2)18-10-12-21(19)13-14-7-5-4-6-8-14;/h4-8H,3,9-13H2,1-2H3,(H2,16,17,18);1H. The Labute approximate surface area is 157 Å². The van der Waals surface area contributed by atoms with Gasteiger partial charge in [0.1, 0.15) is 0 Å². The van der Waals surface area contributed by atoms with Crippen LogP contribution < -0.4 is 10.6 Å². The van der Waals surface area contributed by atoms with Crippen molar-refractivity contribution in [3.8, 4) is 0 Å². The van der Waals surface area contributed by atoms with Crippen molar-refractivity contribution in [1.82, 2.24) is 10.6 Å². The predicted molar refractivity (Wildman–Crippen MR) is 111 cm³/mol. The number of guanidine groups is 1. The van der Waals surface area contributed by atoms with Gasteiger partial charge in [0.15, 0.2) is 5.96 Å². The van der Waals surface area contributed by atoms with Crippen LogP contribution in [-0.2, 0) is 16.6 Å². The number of thioether (sulfide) groups is 1. The van der Waals surface area contributed by atoms with Crippen LogP contribution in [0.5, 0.6) is 0 Å². The van der Waals surface area contributed by atoms with Crippen molar-refractivity contribution in [2.45, 2.75) is 12.7 Å². The van der Waals surface area contributed by atoms with E-state index in [0.717, 1.165) is 30.4 Å². The number of hydrogen-bond donors (Lipinski definition) is 2. The fraction of sp³-hybridized carbons (Fsp3) is 0.533. The summed E-state index contributed by atoms with van der Waals surface area (Å²) in [7, 11) is -0.848. The monoisotopic (exact) mass is 455 g/mol. The minimum Gasteiger partial charge on any atom is -0.357 e. The maximum absolute atomic E-state index is 12.0. The number of benzene rings is 1. The van der Waals surface area contributed by atoms with Crippen molar-refractivity contribution in [3.63, 3.8) is 0 Å². The lowest BCUT2D eigenvalue weighted by molar-refractivity contribution is 0.680. The molecule has 0 aliphatic heterocycles. The van der Waals surface area contributed by atoms with Crippen LogP contribution in [0.15, 0.2) is 35.3 Å². The van der Waals surface area contributed by atoms with Gasteiger partial charge in [-0.2, -0.15) is 11.8 Å². The van der Waals surface area contributed by atoms with E-state index in [4.69, 9.17) is 0 Å². The molecule has 0 saturated carbocycles. The third-order valence-electron chi connectivity index (χ3n) is 2.70. The molecule has 0 aromatic heterocycles. The van der Waals surface area contributed by atoms with Crippen molar-refractivity contribution in [2.75, 3.05) is 37.4 Å². The molecule has 1 aromatic carbocycles. The van der Waals surface area contributed by atoms with Gasteiger partial charge in [-0.3, -0.25) is 9.20 Å². The summed E-state index contributed by atoms with van der Waals surface area (Å²) in [5, 5.41) is 6.43. The van der Waals surface area contributed by atoms with Crippen molar-refractivity contribution in [3.05, 3.63) is 35.9 Å². The average Bonchev–Trinajstić information content (AvgIpc) is 2.48. The summed E-state index contributed by atoms with van der Waals surface area (Å²) >= 11 is 1.78. The summed E-state index contributed by atoms with van der Waals surface area (Å²) in [6, 6.07) is 9.96. The van der Waals surface area contributed by atoms with Crippen LogP contribution in [0.2, 0.25) is 0 Å². The van der Waals surface area contributed by atoms with E-state index < -0.39 is 10.8 Å². The van der Waals surface area contributed by atoms with Gasteiger partial charge in [0, 0.05) is 41.1 Å². The molecule has 0 bridgehead atoms. The highest BCUT2D eigenvalue weighted by molar-refractivity contribution is 14.0. The lowest BCUT2D eigenvalue weighted by Gasteiger charge is -2.11. The van der Waals surface area contributed by atoms with Gasteiger partial charge < -0.3 is 10.6 Å². The molecule has 1 rings (SSSR count). The topological polar surface area (TPSA) is 53.5 Å². The van der Waals surface area contributed by atoms with Crippen molar-refractivity contribution in [2.24, 2.45) is 4.99 Å². The Hall–Kier alpha value is -0.280. The molecule has 0 aliphatic rings. The van der Waals surface area contributed by atoms with Gasteiger partial charge in [-0.15, -0.1) is 24.0 Å². The van der Waals surface area contributed by atoms with Crippen LogP contribution in [0.4, 0.5) is 0 Å². The minimum atomic E-state index is -0.848. The molecule has 0 radical (unpaired) electrons. The Bertz CT molecular complexity index is 444. The molecular formula is C15H26IN3OS2. The quantitative estimate of drug-likeness (QED) is 0.260. The summed E-state index contributed by atoms with van der Waals surface area (Å²) in [6.45, 7) is 4.34. The molecule has 7 heteroatoms. The van der Waals surface area contributed by atoms with Crippen molar-refractivity contribution < 1.29 is 4.21 Å². The fourth-order valence-electron chi connectivity index (χ4n) is 1.71. The van der Waals surface area contributed by atoms with Gasteiger partial charge in [-0.1, -0.05) is 30.3 Å². The molecule has 0 heterocycles. The first kappa shape index (κ1) is 21.7. The van der Waals surface area contributed by atoms with Gasteiger partial charge >= 0.3 is 0 Å². The molecule has 4 nitrogen and oxygen atoms in total. The normalized spacial score (nSPS) is 12.4. The van der Waals surface area contributed by atoms with Crippen LogP contribution in [0.25, 0.3) is 0 Å². The summed E-state index contributed by atoms with van der Waals surface area (Å²) in [4.78, 5) is 4.46. The molecule has 0 aliphatic carbocycles. The number of rotatable bonds is 9. The lowest BCUT2D eigenvalue weighted by atomic mass is 10.2. The summed E-state index contributed by atoms with van der Waals surface area (Å²) in [6.07, 6.45) is 2.07. The van der Waals surface area contributed by atoms with E-state index in [0.29, 0.717) is 18.1 Å². The van der Waals surface area contributed by atoms with Gasteiger partial charge in [0.05, 0.1) is 6.54 Å². The largest absolute Gasteiger partial charge is 0.357 e. The van der Waals surface area contributed by atoms with Crippen LogP contribution >= 0.6 is 35.7 Å². The third-order valence-corrected chi connectivity index (χ3v) is 4.61. The number of hydrogen-bond acceptors (Lipinski definition) is 3. The maximum atomic E-state index is 12.0. The molecule has 22 heavy (non-hydrogen) atoms. The van der Waals surface area contributed by atoms with E-state index >= 15 is 0 Å². The van der Waals surface area contributed by atoms with E-state index in [-0.39, 0.29) is 24.0 Å². The number of halogens is 1. The summed E-state index contributed by atoms with van der Waals surface area (Å²) < 4.78 is 12.0. The fourth-order valence-corrected chi connectivity index (χ4v) is 3.02. The molecule has 1 atom stereocenters. The van der Waals surface area contributed by atoms with Gasteiger partial charge in [0.25, 0.3) is 0 Å². The highest BCUT2D eigenvalue weighted by Gasteiger charge is 2.02. The molecule has 0 fully saturated rings. The Morgan fingerprint density at radius 1 is 1.27 bits per heavy atom. The van der Waals surface area contributed by atoms with Crippen molar-refractivity contribution in [1.29, 1.82) is 0 Å². The molecule has 0 saturated heterocycles. The first-order valence-electron chi connectivity index (χ1n) is 7.16. The second-order valence-electron chi connectivity index (χ2n) is 4.45. The lowest BCUT2D eigenvalue weighted by Crippen LogP contribution is -2.39. The molecular weight excluding hydrogens is 429 g/mol. The molecule has 0 spiro atoms. The van der Waals surface area contributed by atoms with E-state index in [1.165, 1.54) is 0 Å². The summed E-state index contributed by atoms with van der Waals surface area (Å²) in [5.74, 6) is 3.06. The number of nitrogens with zero attached hydrogens (tertiary/aromatic N) is 1. The van der Waals surface area contributed by atoms with E-state index in [2.05, 4.69) is 21.9 Å². The minimum absolute atomic E-state index is 0. The van der Waals surface area contributed by atoms with E-state index in [1.807, 2.05) is 37.3 Å². The summed E-state index contributed by atoms with van der Waals surface area (Å²) in [5.41, 5.74) is 1.12. The molecule has 1 unspecified atom stereocenters. The zero-order chi connectivity index (χ0) is 15.3. The SMILES string of the molecule is CCNC(=NCCSC)NCCS(=O)Cc1ccccc1.I. The third kappa shape index (κ3) is 10.4. The first-order valence-corrected chi connectivity index (χ1v) is 10.0. The van der Waals surface area contributed by atoms with Crippen molar-refractivity contribution >= 4 is 52.5 Å². The van der Waals surface area contributed by atoms with Gasteiger partial charge in [-0.25, -0.2) is 0 Å². The second kappa shape index (κ2) is 14.3. The molecule has 2 N–H and O–H groups in total. The van der Waals surface area contributed by atoms with Crippen LogP contribution in [0, 0.1) is 0 Å². The average molecular weight is 455 g/mol. The smallest absolute Gasteiger partial charge is 0.191 e. The molecule has 0 amide bonds. The number of nitrogens with one attached hydrogen (secondary N) is 2. The van der Waals surface area contributed by atoms with E-state index in [1.54, 1.807) is 11.8 Å². The first-order chi connectivity index (χ1) is 10.3. The highest BCUT2D eigenvalue weighted by Crippen LogP contribution is 2.02.